The molecule has 5 rings (SSSR count). The Hall–Kier alpha value is -3.26. The van der Waals surface area contributed by atoms with Gasteiger partial charge in [-0.1, -0.05) is 0 Å². The molecule has 2 atom stereocenters. The summed E-state index contributed by atoms with van der Waals surface area (Å²) in [4.78, 5) is 35.9. The number of fused-ring (bicyclic) bond motifs is 1. The second-order valence-electron chi connectivity index (χ2n) is 11.8. The van der Waals surface area contributed by atoms with Crippen LogP contribution in [-0.2, 0) is 11.2 Å². The van der Waals surface area contributed by atoms with Crippen LogP contribution in [0.15, 0.2) is 36.8 Å². The summed E-state index contributed by atoms with van der Waals surface area (Å²) < 4.78 is 16.4. The number of carbonyl (C=O) groups is 2. The van der Waals surface area contributed by atoms with Crippen molar-refractivity contribution in [2.24, 2.45) is 5.92 Å². The Morgan fingerprint density at radius 1 is 1.21 bits per heavy atom. The minimum Gasteiger partial charge on any atom is -0.340 e. The molecule has 8 heteroatoms. The largest absolute Gasteiger partial charge is 0.340 e. The number of benzene rings is 1. The number of likely N-dealkylation sites (tertiary alicyclic amines) is 2. The van der Waals surface area contributed by atoms with Crippen molar-refractivity contribution in [3.8, 4) is 5.69 Å². The van der Waals surface area contributed by atoms with Gasteiger partial charge >= 0.3 is 0 Å². The van der Waals surface area contributed by atoms with E-state index in [-0.39, 0.29) is 23.9 Å². The summed E-state index contributed by atoms with van der Waals surface area (Å²) in [6, 6.07) is 5.27. The van der Waals surface area contributed by atoms with Gasteiger partial charge in [0.15, 0.2) is 0 Å². The first kappa shape index (κ1) is 27.3. The van der Waals surface area contributed by atoms with Gasteiger partial charge < -0.3 is 14.4 Å². The highest BCUT2D eigenvalue weighted by atomic mass is 19.1. The van der Waals surface area contributed by atoms with Crippen LogP contribution in [0.1, 0.15) is 62.0 Å². The summed E-state index contributed by atoms with van der Waals surface area (Å²) in [5, 5.41) is 1.16. The van der Waals surface area contributed by atoms with E-state index in [1.54, 1.807) is 24.9 Å². The van der Waals surface area contributed by atoms with Gasteiger partial charge in [0.2, 0.25) is 5.91 Å². The molecule has 7 nitrogen and oxygen atoms in total. The van der Waals surface area contributed by atoms with Gasteiger partial charge in [0.25, 0.3) is 5.91 Å². The molecule has 3 aromatic rings. The number of hydrogen-bond donors (Lipinski definition) is 0. The van der Waals surface area contributed by atoms with Crippen LogP contribution >= 0.6 is 0 Å². The summed E-state index contributed by atoms with van der Waals surface area (Å²) >= 11 is 0. The molecule has 2 aliphatic heterocycles. The lowest BCUT2D eigenvalue weighted by Gasteiger charge is -2.49. The lowest BCUT2D eigenvalue weighted by atomic mass is 9.87. The van der Waals surface area contributed by atoms with E-state index in [4.69, 9.17) is 0 Å². The summed E-state index contributed by atoms with van der Waals surface area (Å²) in [6.45, 7) is 12.7. The molecule has 208 valence electrons. The van der Waals surface area contributed by atoms with Gasteiger partial charge in [-0.2, -0.15) is 0 Å². The van der Waals surface area contributed by atoms with E-state index in [0.29, 0.717) is 23.2 Å². The molecule has 0 bridgehead atoms. The Balaban J connectivity index is 1.40. The Bertz CT molecular complexity index is 1390. The van der Waals surface area contributed by atoms with E-state index in [2.05, 4.69) is 29.9 Å². The Kier molecular flexibility index (Phi) is 7.51. The lowest BCUT2D eigenvalue weighted by molar-refractivity contribution is -0.133. The van der Waals surface area contributed by atoms with Crippen molar-refractivity contribution in [3.63, 3.8) is 0 Å². The number of amides is 2. The second kappa shape index (κ2) is 10.7. The second-order valence-corrected chi connectivity index (χ2v) is 11.8. The molecular weight excluding hydrogens is 493 g/mol. The standard InChI is InChI=1S/C31H40FN5O2/c1-19(2)34(6)31(39)27-13-25(32)7-8-28(27)37-18-24(30-20(3)14-33-15-29(30)37)12-23-16-35(17-23)26-9-10-36(22(5)38)21(4)11-26/h7-8,13-15,18-19,21,23,26H,9-12,16-17H2,1-6H3. The van der Waals surface area contributed by atoms with Gasteiger partial charge in [0.1, 0.15) is 5.82 Å². The zero-order chi connectivity index (χ0) is 28.0. The number of rotatable bonds is 6. The predicted molar refractivity (Wildman–Crippen MR) is 152 cm³/mol. The van der Waals surface area contributed by atoms with E-state index >= 15 is 0 Å². The molecule has 2 saturated heterocycles. The Morgan fingerprint density at radius 2 is 1.95 bits per heavy atom. The van der Waals surface area contributed by atoms with Gasteiger partial charge in [-0.05, 0) is 82.2 Å². The lowest BCUT2D eigenvalue weighted by Crippen LogP contribution is -2.57. The van der Waals surface area contributed by atoms with Gasteiger partial charge in [0.05, 0.1) is 23.0 Å². The number of pyridine rings is 1. The molecule has 0 spiro atoms. The van der Waals surface area contributed by atoms with Crippen molar-refractivity contribution < 1.29 is 14.0 Å². The third kappa shape index (κ3) is 5.19. The van der Waals surface area contributed by atoms with Gasteiger partial charge in [-0.3, -0.25) is 19.5 Å². The van der Waals surface area contributed by atoms with Crippen molar-refractivity contribution in [1.29, 1.82) is 0 Å². The van der Waals surface area contributed by atoms with Crippen LogP contribution in [-0.4, -0.2) is 80.9 Å². The SMILES string of the molecule is CC(=O)N1CCC(N2CC(Cc3cn(-c4ccc(F)cc4C(=O)N(C)C(C)C)c4cncc(C)c34)C2)CC1C. The molecule has 0 N–H and O–H groups in total. The van der Waals surface area contributed by atoms with Crippen LogP contribution in [0.4, 0.5) is 4.39 Å². The average molecular weight is 534 g/mol. The number of aryl methyl sites for hydroxylation is 1. The topological polar surface area (TPSA) is 61.7 Å². The maximum atomic E-state index is 14.4. The van der Waals surface area contributed by atoms with Crippen LogP contribution < -0.4 is 0 Å². The highest BCUT2D eigenvalue weighted by Gasteiger charge is 2.37. The van der Waals surface area contributed by atoms with Crippen LogP contribution in [0, 0.1) is 18.7 Å². The van der Waals surface area contributed by atoms with Crippen LogP contribution in [0.25, 0.3) is 16.6 Å². The summed E-state index contributed by atoms with van der Waals surface area (Å²) in [6.07, 6.45) is 8.84. The highest BCUT2D eigenvalue weighted by molar-refractivity contribution is 5.99. The van der Waals surface area contributed by atoms with Crippen molar-refractivity contribution in [2.75, 3.05) is 26.7 Å². The maximum absolute atomic E-state index is 14.4. The number of nitrogens with zero attached hydrogens (tertiary/aromatic N) is 5. The molecule has 2 aliphatic rings. The van der Waals surface area contributed by atoms with E-state index in [1.165, 1.54) is 17.7 Å². The number of aromatic nitrogens is 2. The summed E-state index contributed by atoms with van der Waals surface area (Å²) in [5.41, 5.74) is 4.27. The van der Waals surface area contributed by atoms with Crippen LogP contribution in [0.3, 0.4) is 0 Å². The fourth-order valence-corrected chi connectivity index (χ4v) is 6.40. The van der Waals surface area contributed by atoms with E-state index in [1.807, 2.05) is 35.7 Å². The van der Waals surface area contributed by atoms with Crippen molar-refractivity contribution in [1.82, 2.24) is 24.3 Å². The monoisotopic (exact) mass is 533 g/mol. The first-order valence-corrected chi connectivity index (χ1v) is 14.1. The minimum atomic E-state index is -0.428. The minimum absolute atomic E-state index is 0.00579. The first-order valence-electron chi connectivity index (χ1n) is 14.1. The average Bonchev–Trinajstić information content (AvgIpc) is 3.24. The van der Waals surface area contributed by atoms with Crippen LogP contribution in [0.5, 0.6) is 0 Å². The fraction of sp³-hybridized carbons (Fsp3) is 0.516. The predicted octanol–water partition coefficient (Wildman–Crippen LogP) is 4.83. The number of carbonyl (C=O) groups excluding carboxylic acids is 2. The zero-order valence-corrected chi connectivity index (χ0v) is 23.9. The molecule has 0 radical (unpaired) electrons. The Morgan fingerprint density at radius 3 is 2.62 bits per heavy atom. The summed E-state index contributed by atoms with van der Waals surface area (Å²) in [7, 11) is 1.75. The Labute approximate surface area is 230 Å². The number of halogens is 1. The molecular formula is C31H40FN5O2. The van der Waals surface area contributed by atoms with Crippen LogP contribution in [0.2, 0.25) is 0 Å². The van der Waals surface area contributed by atoms with Gasteiger partial charge in [-0.25, -0.2) is 4.39 Å². The molecule has 39 heavy (non-hydrogen) atoms. The van der Waals surface area contributed by atoms with Crippen molar-refractivity contribution in [3.05, 3.63) is 59.3 Å². The zero-order valence-electron chi connectivity index (χ0n) is 23.9. The molecule has 2 fully saturated rings. The quantitative estimate of drug-likeness (QED) is 0.456. The third-order valence-electron chi connectivity index (χ3n) is 8.79. The van der Waals surface area contributed by atoms with Gasteiger partial charge in [-0.15, -0.1) is 0 Å². The van der Waals surface area contributed by atoms with Crippen molar-refractivity contribution >= 4 is 22.7 Å². The molecule has 2 aromatic heterocycles. The molecule has 1 aromatic carbocycles. The highest BCUT2D eigenvalue weighted by Crippen LogP contribution is 2.34. The summed E-state index contributed by atoms with van der Waals surface area (Å²) in [5.74, 6) is 0.0798. The fourth-order valence-electron chi connectivity index (χ4n) is 6.40. The maximum Gasteiger partial charge on any atom is 0.256 e. The molecule has 0 aliphatic carbocycles. The molecule has 2 unspecified atom stereocenters. The smallest absolute Gasteiger partial charge is 0.256 e. The van der Waals surface area contributed by atoms with Gasteiger partial charge in [0, 0.05) is 69.5 Å². The van der Waals surface area contributed by atoms with E-state index in [9.17, 15) is 14.0 Å². The van der Waals surface area contributed by atoms with E-state index < -0.39 is 5.82 Å². The van der Waals surface area contributed by atoms with Crippen molar-refractivity contribution in [2.45, 2.75) is 72.0 Å². The first-order chi connectivity index (χ1) is 18.5. The number of piperidine rings is 1. The number of hydrogen-bond acceptors (Lipinski definition) is 4. The molecule has 4 heterocycles. The third-order valence-corrected chi connectivity index (χ3v) is 8.79. The normalized spacial score (nSPS) is 20.5. The molecule has 2 amide bonds. The van der Waals surface area contributed by atoms with E-state index in [0.717, 1.165) is 55.4 Å². The molecule has 0 saturated carbocycles.